The number of rotatable bonds is 5. The van der Waals surface area contributed by atoms with Crippen molar-refractivity contribution in [2.75, 3.05) is 0 Å². The first-order valence-corrected chi connectivity index (χ1v) is 10.0. The molecule has 0 fully saturated rings. The third kappa shape index (κ3) is 4.00. The molecule has 0 saturated heterocycles. The van der Waals surface area contributed by atoms with E-state index < -0.39 is 0 Å². The highest BCUT2D eigenvalue weighted by molar-refractivity contribution is 6.05. The number of aliphatic hydroxyl groups excluding tert-OH is 1. The van der Waals surface area contributed by atoms with E-state index in [1.807, 2.05) is 74.1 Å². The molecule has 7 nitrogen and oxygen atoms in total. The van der Waals surface area contributed by atoms with E-state index in [9.17, 15) is 14.7 Å². The summed E-state index contributed by atoms with van der Waals surface area (Å²) in [7, 11) is 1.91. The molecule has 4 rings (SSSR count). The largest absolute Gasteiger partial charge is 0.392 e. The molecule has 158 valence electrons. The Kier molecular flexibility index (Phi) is 5.44. The topological polar surface area (TPSA) is 100 Å². The number of carbonyl (C=O) groups is 1. The van der Waals surface area contributed by atoms with Crippen molar-refractivity contribution in [3.63, 3.8) is 0 Å². The first-order valence-electron chi connectivity index (χ1n) is 10.0. The number of amides is 1. The average molecular weight is 416 g/mol. The van der Waals surface area contributed by atoms with Crippen LogP contribution in [0.3, 0.4) is 0 Å². The number of benzene rings is 1. The standard InChI is InChI=1S/C24H24N4O3/c1-14-10-15(2)26-23(30)19(14)12-25-24(31)22-18-8-9-28(3)21(18)11-20(27-22)17-6-4-16(13-29)5-7-17/h4-11,29H,12-13H2,1-3H3,(H,25,31)(H,26,30). The Morgan fingerprint density at radius 2 is 1.90 bits per heavy atom. The second kappa shape index (κ2) is 8.20. The van der Waals surface area contributed by atoms with Crippen LogP contribution in [-0.4, -0.2) is 25.5 Å². The fourth-order valence-electron chi connectivity index (χ4n) is 3.72. The van der Waals surface area contributed by atoms with E-state index in [1.165, 1.54) is 0 Å². The number of nitrogens with zero attached hydrogens (tertiary/aromatic N) is 2. The van der Waals surface area contributed by atoms with Crippen molar-refractivity contribution in [2.24, 2.45) is 7.05 Å². The van der Waals surface area contributed by atoms with Crippen LogP contribution in [0.2, 0.25) is 0 Å². The number of fused-ring (bicyclic) bond motifs is 1. The Balaban J connectivity index is 1.70. The lowest BCUT2D eigenvalue weighted by molar-refractivity contribution is 0.0947. The summed E-state index contributed by atoms with van der Waals surface area (Å²) in [6, 6.07) is 13.1. The minimum Gasteiger partial charge on any atom is -0.392 e. The summed E-state index contributed by atoms with van der Waals surface area (Å²) in [5, 5.41) is 12.9. The van der Waals surface area contributed by atoms with Gasteiger partial charge in [-0.3, -0.25) is 9.59 Å². The van der Waals surface area contributed by atoms with Crippen LogP contribution in [0, 0.1) is 13.8 Å². The van der Waals surface area contributed by atoms with Crippen molar-refractivity contribution in [1.29, 1.82) is 0 Å². The van der Waals surface area contributed by atoms with Gasteiger partial charge in [-0.15, -0.1) is 0 Å². The zero-order valence-electron chi connectivity index (χ0n) is 17.7. The monoisotopic (exact) mass is 416 g/mol. The normalized spacial score (nSPS) is 11.1. The molecule has 7 heteroatoms. The molecule has 1 aromatic carbocycles. The molecule has 0 aliphatic carbocycles. The molecule has 0 radical (unpaired) electrons. The zero-order valence-corrected chi connectivity index (χ0v) is 17.7. The van der Waals surface area contributed by atoms with Crippen LogP contribution >= 0.6 is 0 Å². The van der Waals surface area contributed by atoms with Crippen LogP contribution in [0.5, 0.6) is 0 Å². The summed E-state index contributed by atoms with van der Waals surface area (Å²) in [4.78, 5) is 32.8. The summed E-state index contributed by atoms with van der Waals surface area (Å²) in [6.45, 7) is 3.76. The molecule has 0 spiro atoms. The van der Waals surface area contributed by atoms with Crippen molar-refractivity contribution in [2.45, 2.75) is 27.0 Å². The molecule has 0 atom stereocenters. The second-order valence-electron chi connectivity index (χ2n) is 7.70. The summed E-state index contributed by atoms with van der Waals surface area (Å²) in [5.74, 6) is -0.343. The van der Waals surface area contributed by atoms with Gasteiger partial charge in [-0.1, -0.05) is 24.3 Å². The second-order valence-corrected chi connectivity index (χ2v) is 7.70. The third-order valence-electron chi connectivity index (χ3n) is 5.45. The SMILES string of the molecule is Cc1cc(C)c(CNC(=O)c2nc(-c3ccc(CO)cc3)cc3c2ccn3C)c(=O)[nH]1. The number of aryl methyl sites for hydroxylation is 3. The Bertz CT molecular complexity index is 1330. The number of aromatic nitrogens is 3. The molecular weight excluding hydrogens is 392 g/mol. The lowest BCUT2D eigenvalue weighted by Crippen LogP contribution is -2.28. The third-order valence-corrected chi connectivity index (χ3v) is 5.45. The maximum absolute atomic E-state index is 13.1. The Morgan fingerprint density at radius 1 is 1.16 bits per heavy atom. The van der Waals surface area contributed by atoms with Crippen LogP contribution in [0.15, 0.2) is 53.5 Å². The smallest absolute Gasteiger partial charge is 0.270 e. The lowest BCUT2D eigenvalue weighted by atomic mass is 10.1. The first-order chi connectivity index (χ1) is 14.9. The summed E-state index contributed by atoms with van der Waals surface area (Å²) in [5.41, 5.74) is 5.44. The van der Waals surface area contributed by atoms with Crippen molar-refractivity contribution < 1.29 is 9.90 Å². The van der Waals surface area contributed by atoms with Gasteiger partial charge in [0.05, 0.1) is 17.8 Å². The average Bonchev–Trinajstić information content (AvgIpc) is 3.13. The lowest BCUT2D eigenvalue weighted by Gasteiger charge is -2.11. The number of aliphatic hydroxyl groups is 1. The van der Waals surface area contributed by atoms with Gasteiger partial charge in [-0.05, 0) is 43.2 Å². The number of hydrogen-bond acceptors (Lipinski definition) is 4. The molecule has 1 amide bonds. The van der Waals surface area contributed by atoms with E-state index >= 15 is 0 Å². The van der Waals surface area contributed by atoms with Crippen LogP contribution in [0.4, 0.5) is 0 Å². The number of carbonyl (C=O) groups excluding carboxylic acids is 1. The van der Waals surface area contributed by atoms with Gasteiger partial charge in [0.25, 0.3) is 11.5 Å². The fraction of sp³-hybridized carbons (Fsp3) is 0.208. The van der Waals surface area contributed by atoms with E-state index in [4.69, 9.17) is 0 Å². The van der Waals surface area contributed by atoms with Crippen LogP contribution < -0.4 is 10.9 Å². The van der Waals surface area contributed by atoms with E-state index in [2.05, 4.69) is 15.3 Å². The Labute approximate surface area is 179 Å². The van der Waals surface area contributed by atoms with Gasteiger partial charge >= 0.3 is 0 Å². The Hall–Kier alpha value is -3.71. The molecule has 0 saturated carbocycles. The van der Waals surface area contributed by atoms with Gasteiger partial charge in [0, 0.05) is 42.0 Å². The van der Waals surface area contributed by atoms with Gasteiger partial charge in [-0.2, -0.15) is 0 Å². The van der Waals surface area contributed by atoms with Gasteiger partial charge < -0.3 is 20.0 Å². The van der Waals surface area contributed by atoms with Crippen LogP contribution in [0.1, 0.15) is 32.9 Å². The highest BCUT2D eigenvalue weighted by Crippen LogP contribution is 2.26. The molecular formula is C24H24N4O3. The quantitative estimate of drug-likeness (QED) is 0.466. The number of pyridine rings is 2. The predicted octanol–water partition coefficient (Wildman–Crippen LogP) is 2.97. The first kappa shape index (κ1) is 20.6. The van der Waals surface area contributed by atoms with Crippen LogP contribution in [0.25, 0.3) is 22.2 Å². The summed E-state index contributed by atoms with van der Waals surface area (Å²) >= 11 is 0. The minimum absolute atomic E-state index is 0.0320. The van der Waals surface area contributed by atoms with Gasteiger partial charge in [0.15, 0.2) is 0 Å². The van der Waals surface area contributed by atoms with Crippen molar-refractivity contribution in [3.05, 3.63) is 87.1 Å². The number of aromatic amines is 1. The van der Waals surface area contributed by atoms with Crippen molar-refractivity contribution in [1.82, 2.24) is 19.9 Å². The molecule has 3 aromatic heterocycles. The predicted molar refractivity (Wildman–Crippen MR) is 120 cm³/mol. The van der Waals surface area contributed by atoms with E-state index in [-0.39, 0.29) is 24.6 Å². The zero-order chi connectivity index (χ0) is 22.1. The molecule has 4 aromatic rings. The molecule has 0 aliphatic heterocycles. The van der Waals surface area contributed by atoms with Gasteiger partial charge in [0.1, 0.15) is 5.69 Å². The van der Waals surface area contributed by atoms with E-state index in [0.29, 0.717) is 17.0 Å². The highest BCUT2D eigenvalue weighted by Gasteiger charge is 2.17. The van der Waals surface area contributed by atoms with Crippen molar-refractivity contribution >= 4 is 16.8 Å². The summed E-state index contributed by atoms with van der Waals surface area (Å²) in [6.07, 6.45) is 1.89. The molecule has 0 aliphatic rings. The molecule has 3 heterocycles. The van der Waals surface area contributed by atoms with Crippen molar-refractivity contribution in [3.8, 4) is 11.3 Å². The number of H-pyrrole nitrogens is 1. The Morgan fingerprint density at radius 3 is 2.58 bits per heavy atom. The van der Waals surface area contributed by atoms with Gasteiger partial charge in [0.2, 0.25) is 0 Å². The van der Waals surface area contributed by atoms with Gasteiger partial charge in [-0.25, -0.2) is 4.98 Å². The van der Waals surface area contributed by atoms with E-state index in [1.54, 1.807) is 0 Å². The van der Waals surface area contributed by atoms with Crippen LogP contribution in [-0.2, 0) is 20.2 Å². The summed E-state index contributed by atoms with van der Waals surface area (Å²) < 4.78 is 1.94. The molecule has 31 heavy (non-hydrogen) atoms. The highest BCUT2D eigenvalue weighted by atomic mass is 16.3. The molecule has 0 unspecified atom stereocenters. The number of nitrogens with one attached hydrogen (secondary N) is 2. The number of hydrogen-bond donors (Lipinski definition) is 3. The maximum atomic E-state index is 13.1. The minimum atomic E-state index is -0.343. The molecule has 0 bridgehead atoms. The maximum Gasteiger partial charge on any atom is 0.270 e. The fourth-order valence-corrected chi connectivity index (χ4v) is 3.72. The van der Waals surface area contributed by atoms with E-state index in [0.717, 1.165) is 33.3 Å². The molecule has 3 N–H and O–H groups in total.